The summed E-state index contributed by atoms with van der Waals surface area (Å²) in [5.74, 6) is -0.810. The van der Waals surface area contributed by atoms with Gasteiger partial charge in [-0.15, -0.1) is 0 Å². The number of nitrogens with one attached hydrogen (secondary N) is 2. The lowest BCUT2D eigenvalue weighted by Crippen LogP contribution is -2.52. The number of piperazine rings is 1. The third-order valence-electron chi connectivity index (χ3n) is 5.57. The van der Waals surface area contributed by atoms with Crippen molar-refractivity contribution in [1.29, 1.82) is 0 Å². The third-order valence-corrected chi connectivity index (χ3v) is 7.09. The van der Waals surface area contributed by atoms with Gasteiger partial charge >= 0.3 is 6.03 Å². The minimum Gasteiger partial charge on any atom is -0.366 e. The molecular weight excluding hydrogens is 459 g/mol. The second-order valence-electron chi connectivity index (χ2n) is 8.66. The van der Waals surface area contributed by atoms with E-state index >= 15 is 0 Å². The van der Waals surface area contributed by atoms with Crippen molar-refractivity contribution in [3.05, 3.63) is 65.0 Å². The monoisotopic (exact) mass is 490 g/mol. The molecule has 34 heavy (non-hydrogen) atoms. The van der Waals surface area contributed by atoms with Gasteiger partial charge in [0.05, 0.1) is 11.4 Å². The summed E-state index contributed by atoms with van der Waals surface area (Å²) >= 11 is 0. The molecule has 184 valence electrons. The van der Waals surface area contributed by atoms with Gasteiger partial charge < -0.3 is 15.1 Å². The summed E-state index contributed by atoms with van der Waals surface area (Å²) < 4.78 is 41.7. The minimum absolute atomic E-state index is 0.163. The fourth-order valence-corrected chi connectivity index (χ4v) is 5.38. The van der Waals surface area contributed by atoms with Crippen LogP contribution in [-0.4, -0.2) is 57.4 Å². The number of Topliss-reactive ketones (excluding diaryl/α,β-unsaturated/α-hetero) is 1. The van der Waals surface area contributed by atoms with Crippen molar-refractivity contribution < 1.29 is 22.4 Å². The number of sulfonamides is 1. The number of carbonyl (C=O) groups excluding carboxylic acids is 2. The molecule has 2 aromatic rings. The van der Waals surface area contributed by atoms with Crippen molar-refractivity contribution in [1.82, 2.24) is 14.9 Å². The summed E-state index contributed by atoms with van der Waals surface area (Å²) in [7, 11) is -3.49. The Labute approximate surface area is 200 Å². The van der Waals surface area contributed by atoms with Crippen LogP contribution in [-0.2, 0) is 22.3 Å². The number of amides is 2. The SMILES string of the molecule is CC(=O)c1ccc(N2CCN(C(=O)NCc3ccccc3CS(=O)(=O)NC(C)C)CC2)c(F)c1. The standard InChI is InChI=1S/C24H31FN4O4S/c1-17(2)27-34(32,33)16-21-7-5-4-6-20(21)15-26-24(31)29-12-10-28(11-13-29)23-9-8-19(18(3)30)14-22(23)25/h4-9,14,17,27H,10-13,15-16H2,1-3H3,(H,26,31). The first-order valence-corrected chi connectivity index (χ1v) is 12.9. The Kier molecular flexibility index (Phi) is 8.27. The summed E-state index contributed by atoms with van der Waals surface area (Å²) in [6.07, 6.45) is 0. The number of ketones is 1. The van der Waals surface area contributed by atoms with Crippen LogP contribution in [0.3, 0.4) is 0 Å². The van der Waals surface area contributed by atoms with Gasteiger partial charge in [-0.3, -0.25) is 4.79 Å². The highest BCUT2D eigenvalue weighted by atomic mass is 32.2. The van der Waals surface area contributed by atoms with Crippen molar-refractivity contribution in [3.8, 4) is 0 Å². The highest BCUT2D eigenvalue weighted by Gasteiger charge is 2.23. The molecule has 0 atom stereocenters. The molecular formula is C24H31FN4O4S. The van der Waals surface area contributed by atoms with E-state index in [1.165, 1.54) is 13.0 Å². The first-order valence-electron chi connectivity index (χ1n) is 11.2. The Morgan fingerprint density at radius 2 is 1.68 bits per heavy atom. The predicted molar refractivity (Wildman–Crippen MR) is 130 cm³/mol. The Hall–Kier alpha value is -2.98. The average molecular weight is 491 g/mol. The second kappa shape index (κ2) is 11.0. The molecule has 0 radical (unpaired) electrons. The summed E-state index contributed by atoms with van der Waals surface area (Å²) in [6.45, 7) is 6.86. The molecule has 10 heteroatoms. The Morgan fingerprint density at radius 1 is 1.03 bits per heavy atom. The van der Waals surface area contributed by atoms with Crippen LogP contribution in [0.1, 0.15) is 42.3 Å². The van der Waals surface area contributed by atoms with Gasteiger partial charge in [0.2, 0.25) is 10.0 Å². The van der Waals surface area contributed by atoms with Crippen LogP contribution in [0.15, 0.2) is 42.5 Å². The van der Waals surface area contributed by atoms with Gasteiger partial charge in [-0.05, 0) is 50.1 Å². The van der Waals surface area contributed by atoms with Gasteiger partial charge in [-0.1, -0.05) is 24.3 Å². The average Bonchev–Trinajstić information content (AvgIpc) is 2.77. The fraction of sp³-hybridized carbons (Fsp3) is 0.417. The van der Waals surface area contributed by atoms with E-state index in [1.54, 1.807) is 55.1 Å². The second-order valence-corrected chi connectivity index (χ2v) is 10.4. The summed E-state index contributed by atoms with van der Waals surface area (Å²) in [5.41, 5.74) is 2.10. The zero-order valence-corrected chi connectivity index (χ0v) is 20.5. The Balaban J connectivity index is 1.56. The van der Waals surface area contributed by atoms with Gasteiger partial charge in [0, 0.05) is 44.3 Å². The van der Waals surface area contributed by atoms with Crippen LogP contribution >= 0.6 is 0 Å². The van der Waals surface area contributed by atoms with Crippen LogP contribution in [0.25, 0.3) is 0 Å². The normalized spacial score (nSPS) is 14.4. The molecule has 3 rings (SSSR count). The lowest BCUT2D eigenvalue weighted by atomic mass is 10.1. The highest BCUT2D eigenvalue weighted by molar-refractivity contribution is 7.88. The van der Waals surface area contributed by atoms with Crippen molar-refractivity contribution in [2.24, 2.45) is 0 Å². The molecule has 0 spiro atoms. The summed E-state index contributed by atoms with van der Waals surface area (Å²) in [6, 6.07) is 11.1. The van der Waals surface area contributed by atoms with E-state index in [0.717, 1.165) is 5.56 Å². The summed E-state index contributed by atoms with van der Waals surface area (Å²) in [4.78, 5) is 27.6. The third kappa shape index (κ3) is 6.77. The van der Waals surface area contributed by atoms with Crippen molar-refractivity contribution >= 4 is 27.5 Å². The smallest absolute Gasteiger partial charge is 0.317 e. The lowest BCUT2D eigenvalue weighted by Gasteiger charge is -2.36. The zero-order chi connectivity index (χ0) is 24.9. The van der Waals surface area contributed by atoms with Crippen molar-refractivity contribution in [2.75, 3.05) is 31.1 Å². The number of hydrogen-bond donors (Lipinski definition) is 2. The molecule has 2 N–H and O–H groups in total. The number of halogens is 1. The molecule has 1 aliphatic rings. The maximum absolute atomic E-state index is 14.5. The van der Waals surface area contributed by atoms with Crippen LogP contribution in [0.4, 0.5) is 14.9 Å². The minimum atomic E-state index is -3.49. The van der Waals surface area contributed by atoms with E-state index in [4.69, 9.17) is 0 Å². The Morgan fingerprint density at radius 3 is 2.26 bits per heavy atom. The van der Waals surface area contributed by atoms with Gasteiger partial charge in [-0.2, -0.15) is 0 Å². The molecule has 0 aliphatic carbocycles. The summed E-state index contributed by atoms with van der Waals surface area (Å²) in [5, 5.41) is 2.86. The Bertz CT molecular complexity index is 1150. The van der Waals surface area contributed by atoms with Crippen LogP contribution in [0, 0.1) is 5.82 Å². The van der Waals surface area contributed by atoms with E-state index in [-0.39, 0.29) is 30.2 Å². The molecule has 8 nitrogen and oxygen atoms in total. The van der Waals surface area contributed by atoms with Gasteiger partial charge in [0.15, 0.2) is 5.78 Å². The van der Waals surface area contributed by atoms with Crippen molar-refractivity contribution in [3.63, 3.8) is 0 Å². The largest absolute Gasteiger partial charge is 0.366 e. The predicted octanol–water partition coefficient (Wildman–Crippen LogP) is 2.89. The first kappa shape index (κ1) is 25.6. The van der Waals surface area contributed by atoms with Crippen LogP contribution in [0.2, 0.25) is 0 Å². The molecule has 0 bridgehead atoms. The quantitative estimate of drug-likeness (QED) is 0.555. The number of anilines is 1. The van der Waals surface area contributed by atoms with E-state index in [9.17, 15) is 22.4 Å². The van der Waals surface area contributed by atoms with E-state index < -0.39 is 15.8 Å². The molecule has 1 saturated heterocycles. The molecule has 1 aliphatic heterocycles. The van der Waals surface area contributed by atoms with Gasteiger partial charge in [0.25, 0.3) is 0 Å². The van der Waals surface area contributed by atoms with E-state index in [0.29, 0.717) is 43.0 Å². The molecule has 2 aromatic carbocycles. The zero-order valence-electron chi connectivity index (χ0n) is 19.7. The number of rotatable bonds is 8. The van der Waals surface area contributed by atoms with Crippen LogP contribution < -0.4 is 14.9 Å². The number of urea groups is 1. The molecule has 1 fully saturated rings. The highest BCUT2D eigenvalue weighted by Crippen LogP contribution is 2.22. The number of nitrogens with zero attached hydrogens (tertiary/aromatic N) is 2. The van der Waals surface area contributed by atoms with Crippen LogP contribution in [0.5, 0.6) is 0 Å². The van der Waals surface area contributed by atoms with E-state index in [2.05, 4.69) is 10.0 Å². The molecule has 0 unspecified atom stereocenters. The topological polar surface area (TPSA) is 98.8 Å². The maximum Gasteiger partial charge on any atom is 0.317 e. The van der Waals surface area contributed by atoms with Crippen molar-refractivity contribution in [2.45, 2.75) is 39.1 Å². The van der Waals surface area contributed by atoms with E-state index in [1.807, 2.05) is 4.90 Å². The lowest BCUT2D eigenvalue weighted by molar-refractivity contribution is 0.101. The number of hydrogen-bond acceptors (Lipinski definition) is 5. The van der Waals surface area contributed by atoms with Gasteiger partial charge in [-0.25, -0.2) is 22.3 Å². The maximum atomic E-state index is 14.5. The molecule has 0 aromatic heterocycles. The first-order chi connectivity index (χ1) is 16.1. The molecule has 0 saturated carbocycles. The van der Waals surface area contributed by atoms with Gasteiger partial charge in [0.1, 0.15) is 5.82 Å². The fourth-order valence-electron chi connectivity index (χ4n) is 3.89. The molecule has 1 heterocycles. The number of benzene rings is 2. The molecule has 2 amide bonds. The number of carbonyl (C=O) groups is 2.